The van der Waals surface area contributed by atoms with Gasteiger partial charge in [-0.1, -0.05) is 18.2 Å². The van der Waals surface area contributed by atoms with E-state index >= 15 is 0 Å². The smallest absolute Gasteiger partial charge is 0.345 e. The van der Waals surface area contributed by atoms with Gasteiger partial charge in [-0.05, 0) is 38.3 Å². The van der Waals surface area contributed by atoms with E-state index in [4.69, 9.17) is 0 Å². The van der Waals surface area contributed by atoms with Crippen LogP contribution >= 0.6 is 11.8 Å². The number of aliphatic imine (C=N–C) groups is 1. The van der Waals surface area contributed by atoms with Crippen molar-refractivity contribution in [2.45, 2.75) is 50.6 Å². The van der Waals surface area contributed by atoms with Crippen LogP contribution in [0.2, 0.25) is 0 Å². The largest absolute Gasteiger partial charge is 0.357 e. The highest BCUT2D eigenvalue weighted by Crippen LogP contribution is 2.15. The number of guanidine groups is 1. The first-order valence-corrected chi connectivity index (χ1v) is 11.1. The number of nitrogens with zero attached hydrogens (tertiary/aromatic N) is 4. The second kappa shape index (κ2) is 10.9. The van der Waals surface area contributed by atoms with E-state index in [1.807, 2.05) is 22.4 Å². The molecule has 3 rings (SSSR count). The Hall–Kier alpha value is -2.22. The third-order valence-corrected chi connectivity index (χ3v) is 5.59. The average molecular weight is 403 g/mol. The van der Waals surface area contributed by atoms with Crippen molar-refractivity contribution in [1.82, 2.24) is 25.0 Å². The first kappa shape index (κ1) is 20.5. The molecule has 1 aliphatic heterocycles. The van der Waals surface area contributed by atoms with Crippen molar-refractivity contribution in [3.63, 3.8) is 0 Å². The predicted octanol–water partition coefficient (Wildman–Crippen LogP) is 2.12. The van der Waals surface area contributed by atoms with Gasteiger partial charge >= 0.3 is 5.69 Å². The van der Waals surface area contributed by atoms with Crippen molar-refractivity contribution in [2.24, 2.45) is 4.99 Å². The monoisotopic (exact) mass is 402 g/mol. The van der Waals surface area contributed by atoms with E-state index in [-0.39, 0.29) is 5.69 Å². The lowest BCUT2D eigenvalue weighted by Crippen LogP contribution is -2.38. The maximum absolute atomic E-state index is 12.3. The molecule has 0 unspecified atom stereocenters. The molecule has 28 heavy (non-hydrogen) atoms. The topological polar surface area (TPSA) is 76.2 Å². The van der Waals surface area contributed by atoms with E-state index in [1.165, 1.54) is 4.90 Å². The molecule has 1 aromatic heterocycles. The van der Waals surface area contributed by atoms with Gasteiger partial charge in [0.15, 0.2) is 5.96 Å². The number of aromatic nitrogens is 3. The summed E-state index contributed by atoms with van der Waals surface area (Å²) in [5.41, 5.74) is 0.0293. The van der Waals surface area contributed by atoms with Crippen molar-refractivity contribution in [1.29, 1.82) is 0 Å². The standard InChI is InChI=1S/C20H30N6OS/c1-2-21-19(23-13-16-28-17-9-4-3-5-10-17)22-12-8-15-26-20(27)25-14-7-6-11-18(25)24-26/h3-5,9-10H,2,6-8,11-16H2,1H3,(H2,21,22,23). The van der Waals surface area contributed by atoms with Gasteiger partial charge in [0.2, 0.25) is 0 Å². The zero-order valence-corrected chi connectivity index (χ0v) is 17.4. The Kier molecular flexibility index (Phi) is 8.02. The number of nitrogens with one attached hydrogen (secondary N) is 2. The summed E-state index contributed by atoms with van der Waals surface area (Å²) >= 11 is 1.83. The molecule has 0 aliphatic carbocycles. The van der Waals surface area contributed by atoms with Gasteiger partial charge in [0.25, 0.3) is 0 Å². The Balaban J connectivity index is 1.41. The SMILES string of the molecule is CCNC(=NCCCn1nc2n(c1=O)CCCC2)NCCSc1ccccc1. The average Bonchev–Trinajstić information content (AvgIpc) is 3.05. The third-order valence-electron chi connectivity index (χ3n) is 4.58. The summed E-state index contributed by atoms with van der Waals surface area (Å²) in [6.45, 7) is 5.82. The van der Waals surface area contributed by atoms with Crippen molar-refractivity contribution in [2.75, 3.05) is 25.4 Å². The van der Waals surface area contributed by atoms with Crippen LogP contribution in [0.25, 0.3) is 0 Å². The van der Waals surface area contributed by atoms with E-state index in [1.54, 1.807) is 4.68 Å². The first-order valence-electron chi connectivity index (χ1n) is 10.1. The molecule has 0 saturated heterocycles. The van der Waals surface area contributed by atoms with Crippen LogP contribution in [0.1, 0.15) is 32.0 Å². The molecule has 0 fully saturated rings. The minimum Gasteiger partial charge on any atom is -0.357 e. The number of benzene rings is 1. The van der Waals surface area contributed by atoms with Crippen LogP contribution in [0.5, 0.6) is 0 Å². The van der Waals surface area contributed by atoms with E-state index in [2.05, 4.69) is 51.9 Å². The number of hydrogen-bond donors (Lipinski definition) is 2. The highest BCUT2D eigenvalue weighted by molar-refractivity contribution is 7.99. The lowest BCUT2D eigenvalue weighted by Gasteiger charge is -2.11. The van der Waals surface area contributed by atoms with Crippen molar-refractivity contribution in [3.8, 4) is 0 Å². The molecule has 8 heteroatoms. The second-order valence-electron chi connectivity index (χ2n) is 6.73. The molecule has 2 N–H and O–H groups in total. The molecular formula is C20H30N6OS. The van der Waals surface area contributed by atoms with Gasteiger partial charge in [0, 0.05) is 49.8 Å². The Morgan fingerprint density at radius 1 is 1.25 bits per heavy atom. The van der Waals surface area contributed by atoms with Gasteiger partial charge in [-0.2, -0.15) is 5.10 Å². The molecule has 0 bridgehead atoms. The van der Waals surface area contributed by atoms with Crippen LogP contribution in [-0.4, -0.2) is 45.7 Å². The fourth-order valence-corrected chi connectivity index (χ4v) is 3.99. The molecule has 0 amide bonds. The summed E-state index contributed by atoms with van der Waals surface area (Å²) in [7, 11) is 0. The fraction of sp³-hybridized carbons (Fsp3) is 0.550. The number of thioether (sulfide) groups is 1. The third kappa shape index (κ3) is 5.89. The predicted molar refractivity (Wildman–Crippen MR) is 115 cm³/mol. The maximum atomic E-state index is 12.3. The van der Waals surface area contributed by atoms with Gasteiger partial charge in [-0.3, -0.25) is 9.56 Å². The summed E-state index contributed by atoms with van der Waals surface area (Å²) in [5, 5.41) is 11.1. The zero-order valence-electron chi connectivity index (χ0n) is 16.6. The van der Waals surface area contributed by atoms with Gasteiger partial charge in [-0.15, -0.1) is 11.8 Å². The van der Waals surface area contributed by atoms with Gasteiger partial charge in [0.05, 0.1) is 0 Å². The Labute approximate surface area is 170 Å². The van der Waals surface area contributed by atoms with Gasteiger partial charge < -0.3 is 10.6 Å². The summed E-state index contributed by atoms with van der Waals surface area (Å²) in [6.07, 6.45) is 3.91. The molecule has 2 heterocycles. The van der Waals surface area contributed by atoms with Crippen LogP contribution < -0.4 is 16.3 Å². The van der Waals surface area contributed by atoms with Crippen LogP contribution in [0.15, 0.2) is 45.0 Å². The summed E-state index contributed by atoms with van der Waals surface area (Å²) in [5.74, 6) is 2.74. The number of aryl methyl sites for hydroxylation is 2. The molecule has 0 spiro atoms. The molecule has 1 aromatic carbocycles. The Morgan fingerprint density at radius 3 is 2.89 bits per heavy atom. The quantitative estimate of drug-likeness (QED) is 0.291. The van der Waals surface area contributed by atoms with Gasteiger partial charge in [-0.25, -0.2) is 9.48 Å². The lowest BCUT2D eigenvalue weighted by atomic mass is 10.2. The molecule has 152 valence electrons. The minimum absolute atomic E-state index is 0.0293. The van der Waals surface area contributed by atoms with Crippen LogP contribution in [0.4, 0.5) is 0 Å². The summed E-state index contributed by atoms with van der Waals surface area (Å²) in [6, 6.07) is 10.4. The number of hydrogen-bond acceptors (Lipinski definition) is 4. The van der Waals surface area contributed by atoms with E-state index in [9.17, 15) is 4.79 Å². The van der Waals surface area contributed by atoms with E-state index < -0.39 is 0 Å². The zero-order chi connectivity index (χ0) is 19.6. The molecular weight excluding hydrogens is 372 g/mol. The highest BCUT2D eigenvalue weighted by atomic mass is 32.2. The maximum Gasteiger partial charge on any atom is 0.345 e. The van der Waals surface area contributed by atoms with Crippen molar-refractivity contribution >= 4 is 17.7 Å². The number of fused-ring (bicyclic) bond motifs is 1. The van der Waals surface area contributed by atoms with Gasteiger partial charge in [0.1, 0.15) is 5.82 Å². The molecule has 0 saturated carbocycles. The summed E-state index contributed by atoms with van der Waals surface area (Å²) in [4.78, 5) is 18.2. The molecule has 1 aliphatic rings. The Morgan fingerprint density at radius 2 is 2.11 bits per heavy atom. The molecule has 0 radical (unpaired) electrons. The lowest BCUT2D eigenvalue weighted by molar-refractivity contribution is 0.509. The fourth-order valence-electron chi connectivity index (χ4n) is 3.20. The van der Waals surface area contributed by atoms with E-state index in [0.717, 1.165) is 62.9 Å². The van der Waals surface area contributed by atoms with Crippen molar-refractivity contribution < 1.29 is 0 Å². The normalized spacial score (nSPS) is 14.0. The first-order chi connectivity index (χ1) is 13.8. The second-order valence-corrected chi connectivity index (χ2v) is 7.90. The summed E-state index contributed by atoms with van der Waals surface area (Å²) < 4.78 is 3.43. The highest BCUT2D eigenvalue weighted by Gasteiger charge is 2.16. The van der Waals surface area contributed by atoms with Crippen molar-refractivity contribution in [3.05, 3.63) is 46.6 Å². The Bertz CT molecular complexity index is 814. The van der Waals surface area contributed by atoms with Crippen LogP contribution in [0.3, 0.4) is 0 Å². The van der Waals surface area contributed by atoms with Crippen LogP contribution in [-0.2, 0) is 19.5 Å². The molecule has 7 nitrogen and oxygen atoms in total. The molecule has 0 atom stereocenters. The molecule has 2 aromatic rings. The minimum atomic E-state index is 0.0293. The van der Waals surface area contributed by atoms with Crippen LogP contribution in [0, 0.1) is 0 Å². The van der Waals surface area contributed by atoms with E-state index in [0.29, 0.717) is 13.1 Å². The number of rotatable bonds is 9.